The standard InChI is InChI=1S/C31H25F2N7O3S/c1-44(42,43)9-7-16-10-18(12-20(32)11-16)23-6-8-35-29-27(23)37-30(38-29)28-25-24(39-40-28)5-4-22(26(25)33)19-13-21(15-34-14-19)36-31(41)17-2-3-17/h4-6,8,10-15,17H,2-3,7,9H2,1H3,(H,36,41)(H,39,40)(H,35,37,38). The number of carbonyl (C=O) groups is 1. The number of carbonyl (C=O) groups excluding carboxylic acids is 1. The lowest BCUT2D eigenvalue weighted by Crippen LogP contribution is -2.13. The molecule has 0 radical (unpaired) electrons. The Bertz CT molecular complexity index is 2210. The molecule has 0 unspecified atom stereocenters. The summed E-state index contributed by atoms with van der Waals surface area (Å²) in [7, 11) is -3.23. The highest BCUT2D eigenvalue weighted by Gasteiger charge is 2.29. The molecule has 7 rings (SSSR count). The van der Waals surface area contributed by atoms with Gasteiger partial charge in [0.05, 0.1) is 34.1 Å². The fraction of sp³-hybridized carbons (Fsp3) is 0.194. The van der Waals surface area contributed by atoms with Gasteiger partial charge in [0.15, 0.2) is 11.5 Å². The first-order valence-corrected chi connectivity index (χ1v) is 15.9. The first kappa shape index (κ1) is 27.8. The van der Waals surface area contributed by atoms with Crippen LogP contribution in [0.2, 0.25) is 0 Å². The maximum absolute atomic E-state index is 16.2. The summed E-state index contributed by atoms with van der Waals surface area (Å²) >= 11 is 0. The van der Waals surface area contributed by atoms with Crippen molar-refractivity contribution in [1.82, 2.24) is 30.1 Å². The van der Waals surface area contributed by atoms with Crippen molar-refractivity contribution in [2.24, 2.45) is 5.92 Å². The van der Waals surface area contributed by atoms with E-state index in [1.54, 1.807) is 30.3 Å². The molecule has 3 N–H and O–H groups in total. The van der Waals surface area contributed by atoms with Gasteiger partial charge in [0.1, 0.15) is 27.2 Å². The fourth-order valence-electron chi connectivity index (χ4n) is 5.23. The molecule has 4 aromatic heterocycles. The van der Waals surface area contributed by atoms with Crippen LogP contribution in [0.15, 0.2) is 61.1 Å². The van der Waals surface area contributed by atoms with Gasteiger partial charge in [0, 0.05) is 41.3 Å². The van der Waals surface area contributed by atoms with Gasteiger partial charge in [-0.25, -0.2) is 27.2 Å². The largest absolute Gasteiger partial charge is 0.335 e. The van der Waals surface area contributed by atoms with Gasteiger partial charge in [-0.2, -0.15) is 5.10 Å². The highest BCUT2D eigenvalue weighted by molar-refractivity contribution is 7.90. The number of H-pyrrole nitrogens is 2. The summed E-state index contributed by atoms with van der Waals surface area (Å²) in [5, 5.41) is 10.2. The predicted molar refractivity (Wildman–Crippen MR) is 162 cm³/mol. The van der Waals surface area contributed by atoms with Crippen molar-refractivity contribution < 1.29 is 22.0 Å². The zero-order chi connectivity index (χ0) is 30.6. The van der Waals surface area contributed by atoms with E-state index < -0.39 is 21.5 Å². The van der Waals surface area contributed by atoms with Gasteiger partial charge in [-0.1, -0.05) is 6.07 Å². The third-order valence-corrected chi connectivity index (χ3v) is 8.52. The molecule has 0 saturated heterocycles. The van der Waals surface area contributed by atoms with Gasteiger partial charge in [-0.15, -0.1) is 0 Å². The van der Waals surface area contributed by atoms with Crippen molar-refractivity contribution in [2.45, 2.75) is 19.3 Å². The highest BCUT2D eigenvalue weighted by Crippen LogP contribution is 2.36. The zero-order valence-electron chi connectivity index (χ0n) is 23.4. The number of halogens is 2. The van der Waals surface area contributed by atoms with E-state index in [1.807, 2.05) is 0 Å². The first-order valence-electron chi connectivity index (χ1n) is 13.9. The fourth-order valence-corrected chi connectivity index (χ4v) is 5.84. The number of hydrogen-bond donors (Lipinski definition) is 3. The Kier molecular flexibility index (Phi) is 6.69. The van der Waals surface area contributed by atoms with Crippen LogP contribution in [-0.4, -0.2) is 56.5 Å². The van der Waals surface area contributed by atoms with Crippen molar-refractivity contribution in [2.75, 3.05) is 17.3 Å². The van der Waals surface area contributed by atoms with E-state index in [0.717, 1.165) is 19.1 Å². The molecular weight excluding hydrogens is 588 g/mol. The first-order chi connectivity index (χ1) is 21.1. The number of imidazole rings is 1. The van der Waals surface area contributed by atoms with Crippen LogP contribution in [0.5, 0.6) is 0 Å². The summed E-state index contributed by atoms with van der Waals surface area (Å²) in [5.74, 6) is -0.965. The van der Waals surface area contributed by atoms with E-state index in [2.05, 4.69) is 35.5 Å². The normalized spacial score (nSPS) is 13.5. The number of aromatic amines is 2. The molecule has 2 aromatic carbocycles. The SMILES string of the molecule is CS(=O)(=O)CCc1cc(F)cc(-c2ccnc3nc(-c4n[nH]c5ccc(-c6cncc(NC(=O)C7CC7)c6)c(F)c45)[nH]c23)c1. The van der Waals surface area contributed by atoms with Crippen molar-refractivity contribution in [3.8, 4) is 33.8 Å². The van der Waals surface area contributed by atoms with Crippen LogP contribution in [-0.2, 0) is 21.1 Å². The Morgan fingerprint density at radius 2 is 1.89 bits per heavy atom. The molecule has 0 spiro atoms. The lowest BCUT2D eigenvalue weighted by Gasteiger charge is -2.08. The van der Waals surface area contributed by atoms with Crippen LogP contribution in [0.1, 0.15) is 18.4 Å². The monoisotopic (exact) mass is 613 g/mol. The number of hydrogen-bond acceptors (Lipinski definition) is 7. The van der Waals surface area contributed by atoms with Gasteiger partial charge in [0.2, 0.25) is 5.91 Å². The molecule has 0 aliphatic heterocycles. The van der Waals surface area contributed by atoms with E-state index in [0.29, 0.717) is 44.6 Å². The average Bonchev–Trinajstić information content (AvgIpc) is 3.60. The minimum atomic E-state index is -3.23. The number of rotatable bonds is 8. The third-order valence-electron chi connectivity index (χ3n) is 7.58. The number of aryl methyl sites for hydroxylation is 1. The number of anilines is 1. The molecule has 1 fully saturated rings. The van der Waals surface area contributed by atoms with Crippen LogP contribution in [0.25, 0.3) is 55.8 Å². The topological polar surface area (TPSA) is 146 Å². The molecule has 44 heavy (non-hydrogen) atoms. The lowest BCUT2D eigenvalue weighted by molar-refractivity contribution is -0.117. The molecular formula is C31H25F2N7O3S. The molecule has 1 amide bonds. The van der Waals surface area contributed by atoms with E-state index in [9.17, 15) is 17.6 Å². The molecule has 1 aliphatic rings. The maximum atomic E-state index is 16.2. The Balaban J connectivity index is 1.27. The number of nitrogens with zero attached hydrogens (tertiary/aromatic N) is 4. The Morgan fingerprint density at radius 3 is 2.68 bits per heavy atom. The van der Waals surface area contributed by atoms with E-state index in [1.165, 1.54) is 30.7 Å². The third kappa shape index (κ3) is 5.41. The predicted octanol–water partition coefficient (Wildman–Crippen LogP) is 5.44. The summed E-state index contributed by atoms with van der Waals surface area (Å²) in [4.78, 5) is 28.5. The van der Waals surface area contributed by atoms with Crippen LogP contribution in [0, 0.1) is 17.6 Å². The van der Waals surface area contributed by atoms with Crippen molar-refractivity contribution in [3.05, 3.63) is 78.3 Å². The second kappa shape index (κ2) is 10.6. The molecule has 222 valence electrons. The lowest BCUT2D eigenvalue weighted by atomic mass is 10.0. The van der Waals surface area contributed by atoms with Gasteiger partial charge in [-0.3, -0.25) is 14.9 Å². The van der Waals surface area contributed by atoms with Gasteiger partial charge < -0.3 is 10.3 Å². The second-order valence-electron chi connectivity index (χ2n) is 11.0. The zero-order valence-corrected chi connectivity index (χ0v) is 24.2. The van der Waals surface area contributed by atoms with Gasteiger partial charge in [-0.05, 0) is 66.8 Å². The number of amides is 1. The summed E-state index contributed by atoms with van der Waals surface area (Å²) < 4.78 is 54.1. The molecule has 1 aliphatic carbocycles. The number of sulfone groups is 1. The quantitative estimate of drug-likeness (QED) is 0.207. The minimum Gasteiger partial charge on any atom is -0.335 e. The number of pyridine rings is 2. The van der Waals surface area contributed by atoms with Crippen molar-refractivity contribution in [3.63, 3.8) is 0 Å². The van der Waals surface area contributed by atoms with E-state index in [-0.39, 0.29) is 46.5 Å². The summed E-state index contributed by atoms with van der Waals surface area (Å²) in [6.45, 7) is 0. The number of fused-ring (bicyclic) bond motifs is 2. The van der Waals surface area contributed by atoms with E-state index in [4.69, 9.17) is 0 Å². The average molecular weight is 614 g/mol. The number of nitrogens with one attached hydrogen (secondary N) is 3. The Hall–Kier alpha value is -5.04. The Morgan fingerprint density at radius 1 is 1.05 bits per heavy atom. The smallest absolute Gasteiger partial charge is 0.227 e. The van der Waals surface area contributed by atoms with Gasteiger partial charge in [0.25, 0.3) is 0 Å². The molecule has 6 aromatic rings. The minimum absolute atomic E-state index is 0.0156. The molecule has 0 atom stereocenters. The Labute approximate surface area is 249 Å². The van der Waals surface area contributed by atoms with Crippen LogP contribution >= 0.6 is 0 Å². The van der Waals surface area contributed by atoms with Crippen LogP contribution in [0.4, 0.5) is 14.5 Å². The summed E-state index contributed by atoms with van der Waals surface area (Å²) in [6, 6.07) is 11.1. The number of aromatic nitrogens is 6. The van der Waals surface area contributed by atoms with Crippen molar-refractivity contribution >= 4 is 43.5 Å². The molecule has 0 bridgehead atoms. The summed E-state index contributed by atoms with van der Waals surface area (Å²) in [6.07, 6.45) is 7.61. The van der Waals surface area contributed by atoms with Crippen molar-refractivity contribution in [1.29, 1.82) is 0 Å². The highest BCUT2D eigenvalue weighted by atomic mass is 32.2. The van der Waals surface area contributed by atoms with Gasteiger partial charge >= 0.3 is 0 Å². The molecule has 4 heterocycles. The molecule has 1 saturated carbocycles. The van der Waals surface area contributed by atoms with Crippen LogP contribution in [0.3, 0.4) is 0 Å². The van der Waals surface area contributed by atoms with E-state index >= 15 is 4.39 Å². The number of benzene rings is 2. The summed E-state index contributed by atoms with van der Waals surface area (Å²) in [5.41, 5.74) is 4.34. The molecule has 13 heteroatoms. The van der Waals surface area contributed by atoms with Crippen LogP contribution < -0.4 is 5.32 Å². The molecule has 10 nitrogen and oxygen atoms in total. The maximum Gasteiger partial charge on any atom is 0.227 e. The second-order valence-corrected chi connectivity index (χ2v) is 13.3.